The lowest BCUT2D eigenvalue weighted by Crippen LogP contribution is -2.29. The fourth-order valence-corrected chi connectivity index (χ4v) is 3.33. The summed E-state index contributed by atoms with van der Waals surface area (Å²) >= 11 is 0. The van der Waals surface area contributed by atoms with Gasteiger partial charge in [0.15, 0.2) is 5.82 Å². The summed E-state index contributed by atoms with van der Waals surface area (Å²) in [5.74, 6) is 1.10. The molecule has 6 nitrogen and oxygen atoms in total. The van der Waals surface area contributed by atoms with E-state index in [-0.39, 0.29) is 11.3 Å². The van der Waals surface area contributed by atoms with Crippen molar-refractivity contribution in [1.82, 2.24) is 19.7 Å². The molecule has 0 unspecified atom stereocenters. The van der Waals surface area contributed by atoms with Crippen LogP contribution in [0.3, 0.4) is 0 Å². The average molecular weight is 420 g/mol. The van der Waals surface area contributed by atoms with Crippen LogP contribution >= 0.6 is 0 Å². The molecule has 0 aliphatic rings. The third-order valence-corrected chi connectivity index (χ3v) is 5.32. The number of benzene rings is 1. The molecule has 3 aromatic rings. The number of hydrogen-bond acceptors (Lipinski definition) is 4. The number of carbonyl (C=O) groups is 1. The highest BCUT2D eigenvalue weighted by molar-refractivity contribution is 6.04. The number of amides is 1. The zero-order chi connectivity index (χ0) is 22.6. The smallest absolute Gasteiger partial charge is 0.256 e. The molecule has 31 heavy (non-hydrogen) atoms. The molecule has 0 bridgehead atoms. The lowest BCUT2D eigenvalue weighted by atomic mass is 9.92. The molecular formula is C25H33N5O. The van der Waals surface area contributed by atoms with E-state index in [2.05, 4.69) is 56.7 Å². The van der Waals surface area contributed by atoms with Gasteiger partial charge in [-0.3, -0.25) is 9.69 Å². The summed E-state index contributed by atoms with van der Waals surface area (Å²) in [5, 5.41) is 7.72. The van der Waals surface area contributed by atoms with E-state index in [1.54, 1.807) is 10.9 Å². The molecule has 2 heterocycles. The van der Waals surface area contributed by atoms with Gasteiger partial charge in [0.1, 0.15) is 5.82 Å². The maximum atomic E-state index is 13.0. The van der Waals surface area contributed by atoms with E-state index in [0.29, 0.717) is 23.2 Å². The van der Waals surface area contributed by atoms with Crippen molar-refractivity contribution in [3.05, 3.63) is 71.5 Å². The molecule has 6 heteroatoms. The van der Waals surface area contributed by atoms with Gasteiger partial charge in [-0.15, -0.1) is 0 Å². The first-order valence-corrected chi connectivity index (χ1v) is 10.9. The van der Waals surface area contributed by atoms with Crippen molar-refractivity contribution in [2.24, 2.45) is 0 Å². The lowest BCUT2D eigenvalue weighted by molar-refractivity contribution is 0.102. The van der Waals surface area contributed by atoms with Gasteiger partial charge in [-0.1, -0.05) is 45.9 Å². The average Bonchev–Trinajstić information content (AvgIpc) is 3.17. The molecular weight excluding hydrogens is 386 g/mol. The van der Waals surface area contributed by atoms with Crippen molar-refractivity contribution in [2.75, 3.05) is 11.9 Å². The molecule has 0 aliphatic heterocycles. The highest BCUT2D eigenvalue weighted by Gasteiger charge is 2.22. The molecule has 3 rings (SSSR count). The quantitative estimate of drug-likeness (QED) is 0.582. The Balaban J connectivity index is 1.82. The van der Waals surface area contributed by atoms with E-state index in [0.717, 1.165) is 18.8 Å². The maximum Gasteiger partial charge on any atom is 0.256 e. The number of rotatable bonds is 7. The van der Waals surface area contributed by atoms with Crippen LogP contribution in [0.15, 0.2) is 54.7 Å². The van der Waals surface area contributed by atoms with Gasteiger partial charge < -0.3 is 5.32 Å². The number of aromatic nitrogens is 3. The third kappa shape index (κ3) is 5.58. The van der Waals surface area contributed by atoms with Crippen molar-refractivity contribution < 1.29 is 4.79 Å². The van der Waals surface area contributed by atoms with Crippen LogP contribution in [0, 0.1) is 0 Å². The Bertz CT molecular complexity index is 1000. The second-order valence-corrected chi connectivity index (χ2v) is 9.07. The highest BCUT2D eigenvalue weighted by Crippen LogP contribution is 2.26. The van der Waals surface area contributed by atoms with Crippen molar-refractivity contribution in [2.45, 2.75) is 59.5 Å². The summed E-state index contributed by atoms with van der Waals surface area (Å²) in [6, 6.07) is 15.8. The van der Waals surface area contributed by atoms with Gasteiger partial charge in [-0.25, -0.2) is 4.98 Å². The van der Waals surface area contributed by atoms with Gasteiger partial charge in [-0.2, -0.15) is 9.78 Å². The Kier molecular flexibility index (Phi) is 6.91. The summed E-state index contributed by atoms with van der Waals surface area (Å²) in [7, 11) is 0. The Morgan fingerprint density at radius 2 is 1.84 bits per heavy atom. The zero-order valence-electron chi connectivity index (χ0n) is 19.4. The molecule has 0 radical (unpaired) electrons. The van der Waals surface area contributed by atoms with Crippen LogP contribution in [-0.4, -0.2) is 38.2 Å². The van der Waals surface area contributed by atoms with Crippen LogP contribution in [0.2, 0.25) is 0 Å². The van der Waals surface area contributed by atoms with E-state index in [1.807, 2.05) is 48.5 Å². The van der Waals surface area contributed by atoms with Crippen LogP contribution < -0.4 is 5.32 Å². The number of hydrogen-bond donors (Lipinski definition) is 1. The first-order valence-electron chi connectivity index (χ1n) is 10.9. The van der Waals surface area contributed by atoms with Gasteiger partial charge >= 0.3 is 0 Å². The van der Waals surface area contributed by atoms with E-state index < -0.39 is 0 Å². The summed E-state index contributed by atoms with van der Waals surface area (Å²) in [6.07, 6.45) is 1.72. The maximum absolute atomic E-state index is 13.0. The molecule has 164 valence electrons. The predicted molar refractivity (Wildman–Crippen MR) is 126 cm³/mol. The zero-order valence-corrected chi connectivity index (χ0v) is 19.4. The van der Waals surface area contributed by atoms with Gasteiger partial charge in [0.25, 0.3) is 5.91 Å². The minimum atomic E-state index is -0.166. The SMILES string of the molecule is CCN(Cc1ccc(C(=O)Nc2cc(C(C)(C)C)nn2-c2ccccn2)cc1)C(C)C. The number of carbonyl (C=O) groups excluding carboxylic acids is 1. The molecule has 0 fully saturated rings. The van der Waals surface area contributed by atoms with Gasteiger partial charge in [0.05, 0.1) is 5.69 Å². The molecule has 1 N–H and O–H groups in total. The Labute approximate surface area is 185 Å². The van der Waals surface area contributed by atoms with Crippen LogP contribution in [0.25, 0.3) is 5.82 Å². The normalized spacial score (nSPS) is 11.9. The first kappa shape index (κ1) is 22.7. The summed E-state index contributed by atoms with van der Waals surface area (Å²) < 4.78 is 1.69. The molecule has 0 spiro atoms. The van der Waals surface area contributed by atoms with E-state index in [1.165, 1.54) is 5.56 Å². The van der Waals surface area contributed by atoms with Gasteiger partial charge in [0.2, 0.25) is 0 Å². The number of pyridine rings is 1. The Morgan fingerprint density at radius 3 is 2.39 bits per heavy atom. The monoisotopic (exact) mass is 419 g/mol. The highest BCUT2D eigenvalue weighted by atomic mass is 16.1. The first-order chi connectivity index (χ1) is 14.7. The summed E-state index contributed by atoms with van der Waals surface area (Å²) in [4.78, 5) is 19.7. The molecule has 1 aromatic carbocycles. The van der Waals surface area contributed by atoms with E-state index in [9.17, 15) is 4.79 Å². The van der Waals surface area contributed by atoms with Crippen molar-refractivity contribution >= 4 is 11.7 Å². The number of nitrogens with zero attached hydrogens (tertiary/aromatic N) is 4. The van der Waals surface area contributed by atoms with Crippen LogP contribution in [-0.2, 0) is 12.0 Å². The molecule has 0 saturated heterocycles. The minimum absolute atomic E-state index is 0.150. The largest absolute Gasteiger partial charge is 0.306 e. The molecule has 1 amide bonds. The number of anilines is 1. The van der Waals surface area contributed by atoms with Crippen LogP contribution in [0.1, 0.15) is 63.2 Å². The predicted octanol–water partition coefficient (Wildman–Crippen LogP) is 5.05. The fourth-order valence-electron chi connectivity index (χ4n) is 3.33. The fraction of sp³-hybridized carbons (Fsp3) is 0.400. The van der Waals surface area contributed by atoms with E-state index in [4.69, 9.17) is 5.10 Å². The minimum Gasteiger partial charge on any atom is -0.306 e. The second-order valence-electron chi connectivity index (χ2n) is 9.07. The van der Waals surface area contributed by atoms with Crippen molar-refractivity contribution in [3.8, 4) is 5.82 Å². The standard InChI is InChI=1S/C25H33N5O/c1-7-29(18(2)3)17-19-11-13-20(14-12-19)24(31)27-23-16-21(25(4,5)6)28-30(23)22-10-8-9-15-26-22/h8-16,18H,7,17H2,1-6H3,(H,27,31). The topological polar surface area (TPSA) is 63.1 Å². The summed E-state index contributed by atoms with van der Waals surface area (Å²) in [6.45, 7) is 14.7. The van der Waals surface area contributed by atoms with Crippen LogP contribution in [0.4, 0.5) is 5.82 Å². The van der Waals surface area contributed by atoms with Crippen molar-refractivity contribution in [1.29, 1.82) is 0 Å². The third-order valence-electron chi connectivity index (χ3n) is 5.32. The summed E-state index contributed by atoms with van der Waals surface area (Å²) in [5.41, 5.74) is 2.54. The van der Waals surface area contributed by atoms with E-state index >= 15 is 0 Å². The van der Waals surface area contributed by atoms with Gasteiger partial charge in [0, 0.05) is 35.8 Å². The number of nitrogens with one attached hydrogen (secondary N) is 1. The molecule has 0 saturated carbocycles. The Morgan fingerprint density at radius 1 is 1.13 bits per heavy atom. The molecule has 0 atom stereocenters. The molecule has 0 aliphatic carbocycles. The van der Waals surface area contributed by atoms with Crippen molar-refractivity contribution in [3.63, 3.8) is 0 Å². The Hall–Kier alpha value is -2.99. The second kappa shape index (κ2) is 9.43. The lowest BCUT2D eigenvalue weighted by Gasteiger charge is -2.24. The van der Waals surface area contributed by atoms with Gasteiger partial charge in [-0.05, 0) is 50.2 Å². The van der Waals surface area contributed by atoms with Crippen LogP contribution in [0.5, 0.6) is 0 Å². The molecule has 2 aromatic heterocycles.